The SMILES string of the molecule is COc1cccc(/C=N\Nc2cnn(C)c(=O)c2Cl)c1. The number of aryl methyl sites for hydroxylation is 1. The van der Waals surface area contributed by atoms with Crippen LogP contribution in [0, 0.1) is 0 Å². The molecule has 0 saturated carbocycles. The van der Waals surface area contributed by atoms with Crippen molar-refractivity contribution >= 4 is 23.5 Å². The van der Waals surface area contributed by atoms with E-state index >= 15 is 0 Å². The molecular formula is C13H13ClN4O2. The number of nitrogens with one attached hydrogen (secondary N) is 1. The van der Waals surface area contributed by atoms with E-state index < -0.39 is 0 Å². The number of hydrogen-bond acceptors (Lipinski definition) is 5. The second-order valence-electron chi connectivity index (χ2n) is 3.95. The maximum atomic E-state index is 11.6. The number of halogens is 1. The van der Waals surface area contributed by atoms with Gasteiger partial charge in [-0.1, -0.05) is 23.7 Å². The second kappa shape index (κ2) is 6.21. The van der Waals surface area contributed by atoms with E-state index in [1.54, 1.807) is 13.3 Å². The van der Waals surface area contributed by atoms with Crippen LogP contribution in [0.15, 0.2) is 40.4 Å². The van der Waals surface area contributed by atoms with Gasteiger partial charge in [-0.2, -0.15) is 10.2 Å². The standard InChI is InChI=1S/C13H13ClN4O2/c1-18-13(19)12(14)11(8-16-18)17-15-7-9-4-3-5-10(6-9)20-2/h3-8,17H,1-2H3/b15-7-. The van der Waals surface area contributed by atoms with Crippen molar-refractivity contribution in [2.24, 2.45) is 12.1 Å². The lowest BCUT2D eigenvalue weighted by Gasteiger charge is -2.03. The number of hydrazone groups is 1. The predicted octanol–water partition coefficient (Wildman–Crippen LogP) is 1.89. The van der Waals surface area contributed by atoms with Gasteiger partial charge in [0.1, 0.15) is 16.5 Å². The van der Waals surface area contributed by atoms with Gasteiger partial charge in [0.25, 0.3) is 5.56 Å². The lowest BCUT2D eigenvalue weighted by atomic mass is 10.2. The van der Waals surface area contributed by atoms with Crippen LogP contribution in [0.25, 0.3) is 0 Å². The van der Waals surface area contributed by atoms with Crippen LogP contribution in [0.3, 0.4) is 0 Å². The molecule has 0 atom stereocenters. The molecule has 1 aromatic carbocycles. The monoisotopic (exact) mass is 292 g/mol. The first-order chi connectivity index (χ1) is 9.61. The van der Waals surface area contributed by atoms with Gasteiger partial charge in [-0.05, 0) is 17.7 Å². The molecule has 6 nitrogen and oxygen atoms in total. The van der Waals surface area contributed by atoms with E-state index in [0.717, 1.165) is 16.0 Å². The second-order valence-corrected chi connectivity index (χ2v) is 4.33. The van der Waals surface area contributed by atoms with Crippen LogP contribution in [0.2, 0.25) is 5.02 Å². The first-order valence-electron chi connectivity index (χ1n) is 5.77. The Kier molecular flexibility index (Phi) is 4.37. The molecule has 0 aliphatic carbocycles. The Balaban J connectivity index is 2.14. The van der Waals surface area contributed by atoms with Gasteiger partial charge in [-0.15, -0.1) is 0 Å². The minimum atomic E-state index is -0.381. The lowest BCUT2D eigenvalue weighted by molar-refractivity contribution is 0.415. The van der Waals surface area contributed by atoms with Crippen LogP contribution in [-0.4, -0.2) is 23.1 Å². The van der Waals surface area contributed by atoms with Gasteiger partial charge in [-0.25, -0.2) is 4.68 Å². The van der Waals surface area contributed by atoms with Gasteiger partial charge < -0.3 is 4.74 Å². The van der Waals surface area contributed by atoms with Crippen molar-refractivity contribution in [3.63, 3.8) is 0 Å². The number of ether oxygens (including phenoxy) is 1. The molecule has 0 aliphatic rings. The van der Waals surface area contributed by atoms with Gasteiger partial charge in [0.05, 0.1) is 19.5 Å². The maximum Gasteiger partial charge on any atom is 0.287 e. The Morgan fingerprint density at radius 1 is 1.50 bits per heavy atom. The molecule has 1 heterocycles. The summed E-state index contributed by atoms with van der Waals surface area (Å²) < 4.78 is 6.26. The Hall–Kier alpha value is -2.34. The zero-order valence-electron chi connectivity index (χ0n) is 11.0. The lowest BCUT2D eigenvalue weighted by Crippen LogP contribution is -2.20. The predicted molar refractivity (Wildman–Crippen MR) is 78.7 cm³/mol. The van der Waals surface area contributed by atoms with Gasteiger partial charge in [0.15, 0.2) is 0 Å². The number of nitrogens with zero attached hydrogens (tertiary/aromatic N) is 3. The number of rotatable bonds is 4. The van der Waals surface area contributed by atoms with Crippen molar-refractivity contribution in [1.82, 2.24) is 9.78 Å². The van der Waals surface area contributed by atoms with Gasteiger partial charge in [0, 0.05) is 7.05 Å². The van der Waals surface area contributed by atoms with E-state index in [1.807, 2.05) is 24.3 Å². The summed E-state index contributed by atoms with van der Waals surface area (Å²) >= 11 is 5.90. The highest BCUT2D eigenvalue weighted by Gasteiger charge is 2.05. The van der Waals surface area contributed by atoms with Crippen LogP contribution in [0.4, 0.5) is 5.69 Å². The summed E-state index contributed by atoms with van der Waals surface area (Å²) in [6.45, 7) is 0. The molecular weight excluding hydrogens is 280 g/mol. The Morgan fingerprint density at radius 2 is 2.30 bits per heavy atom. The van der Waals surface area contributed by atoms with Gasteiger partial charge >= 0.3 is 0 Å². The number of hydrogen-bond donors (Lipinski definition) is 1. The van der Waals surface area contributed by atoms with E-state index in [9.17, 15) is 4.79 Å². The third-order valence-electron chi connectivity index (χ3n) is 2.57. The first kappa shape index (κ1) is 14.1. The smallest absolute Gasteiger partial charge is 0.287 e. The number of benzene rings is 1. The summed E-state index contributed by atoms with van der Waals surface area (Å²) in [5.41, 5.74) is 3.51. The molecule has 104 valence electrons. The van der Waals surface area contributed by atoms with Crippen molar-refractivity contribution < 1.29 is 4.74 Å². The molecule has 20 heavy (non-hydrogen) atoms. The summed E-state index contributed by atoms with van der Waals surface area (Å²) in [6.07, 6.45) is 3.03. The number of aromatic nitrogens is 2. The van der Waals surface area contributed by atoms with Gasteiger partial charge in [0.2, 0.25) is 0 Å². The third-order valence-corrected chi connectivity index (χ3v) is 2.94. The summed E-state index contributed by atoms with van der Waals surface area (Å²) in [7, 11) is 3.12. The zero-order chi connectivity index (χ0) is 14.5. The van der Waals surface area contributed by atoms with E-state index in [2.05, 4.69) is 15.6 Å². The molecule has 2 rings (SSSR count). The number of methoxy groups -OCH3 is 1. The van der Waals surface area contributed by atoms with Crippen molar-refractivity contribution in [1.29, 1.82) is 0 Å². The normalized spacial score (nSPS) is 10.8. The molecule has 0 unspecified atom stereocenters. The minimum Gasteiger partial charge on any atom is -0.497 e. The van der Waals surface area contributed by atoms with Crippen molar-refractivity contribution in [3.8, 4) is 5.75 Å². The maximum absolute atomic E-state index is 11.6. The summed E-state index contributed by atoms with van der Waals surface area (Å²) in [6, 6.07) is 7.39. The van der Waals surface area contributed by atoms with Crippen LogP contribution < -0.4 is 15.7 Å². The van der Waals surface area contributed by atoms with Crippen molar-refractivity contribution in [2.45, 2.75) is 0 Å². The van der Waals surface area contributed by atoms with E-state index in [1.165, 1.54) is 13.2 Å². The van der Waals surface area contributed by atoms with Crippen LogP contribution in [0.1, 0.15) is 5.56 Å². The molecule has 0 radical (unpaired) electrons. The van der Waals surface area contributed by atoms with Gasteiger partial charge in [-0.3, -0.25) is 10.2 Å². The summed E-state index contributed by atoms with van der Waals surface area (Å²) in [5, 5.41) is 7.92. The molecule has 0 fully saturated rings. The quantitative estimate of drug-likeness (QED) is 0.690. The summed E-state index contributed by atoms with van der Waals surface area (Å²) in [5.74, 6) is 0.738. The Morgan fingerprint density at radius 3 is 3.05 bits per heavy atom. The first-order valence-corrected chi connectivity index (χ1v) is 6.14. The highest BCUT2D eigenvalue weighted by molar-refractivity contribution is 6.32. The fourth-order valence-electron chi connectivity index (χ4n) is 1.49. The van der Waals surface area contributed by atoms with Crippen molar-refractivity contribution in [3.05, 3.63) is 51.4 Å². The zero-order valence-corrected chi connectivity index (χ0v) is 11.8. The molecule has 2 aromatic rings. The molecule has 0 aliphatic heterocycles. The largest absolute Gasteiger partial charge is 0.497 e. The van der Waals surface area contributed by atoms with Crippen LogP contribution in [0.5, 0.6) is 5.75 Å². The van der Waals surface area contributed by atoms with Crippen LogP contribution in [-0.2, 0) is 7.05 Å². The molecule has 0 spiro atoms. The fraction of sp³-hybridized carbons (Fsp3) is 0.154. The van der Waals surface area contributed by atoms with Crippen LogP contribution >= 0.6 is 11.6 Å². The minimum absolute atomic E-state index is 0.0466. The third kappa shape index (κ3) is 3.16. The Bertz CT molecular complexity index is 697. The molecule has 1 N–H and O–H groups in total. The van der Waals surface area contributed by atoms with E-state index in [4.69, 9.17) is 16.3 Å². The highest BCUT2D eigenvalue weighted by Crippen LogP contribution is 2.15. The molecule has 0 amide bonds. The fourth-order valence-corrected chi connectivity index (χ4v) is 1.70. The average molecular weight is 293 g/mol. The molecule has 1 aromatic heterocycles. The molecule has 0 bridgehead atoms. The van der Waals surface area contributed by atoms with Crippen molar-refractivity contribution in [2.75, 3.05) is 12.5 Å². The highest BCUT2D eigenvalue weighted by atomic mass is 35.5. The average Bonchev–Trinajstić information content (AvgIpc) is 2.47. The molecule has 7 heteroatoms. The Labute approximate surface area is 120 Å². The van der Waals surface area contributed by atoms with E-state index in [0.29, 0.717) is 5.69 Å². The topological polar surface area (TPSA) is 68.5 Å². The summed E-state index contributed by atoms with van der Waals surface area (Å²) in [4.78, 5) is 11.6. The number of anilines is 1. The molecule has 0 saturated heterocycles. The van der Waals surface area contributed by atoms with E-state index in [-0.39, 0.29) is 10.6 Å².